The lowest BCUT2D eigenvalue weighted by molar-refractivity contribution is -0.142. The predicted octanol–water partition coefficient (Wildman–Crippen LogP) is 8.24. The summed E-state index contributed by atoms with van der Waals surface area (Å²) in [4.78, 5) is 4.49. The fourth-order valence-electron chi connectivity index (χ4n) is 4.02. The molecule has 0 N–H and O–H groups in total. The van der Waals surface area contributed by atoms with E-state index in [9.17, 15) is 22.0 Å². The van der Waals surface area contributed by atoms with Gasteiger partial charge in [-0.15, -0.1) is 6.58 Å². The first-order chi connectivity index (χ1) is 16.7. The van der Waals surface area contributed by atoms with Crippen LogP contribution in [0, 0.1) is 17.5 Å². The Kier molecular flexibility index (Phi) is 6.96. The Hall–Kier alpha value is -3.61. The van der Waals surface area contributed by atoms with Gasteiger partial charge in [0.25, 0.3) is 0 Å². The minimum Gasteiger partial charge on any atom is -0.256 e. The normalized spacial score (nSPS) is 11.7. The zero-order valence-electron chi connectivity index (χ0n) is 18.6. The Labute approximate surface area is 198 Å². The lowest BCUT2D eigenvalue weighted by Crippen LogP contribution is -2.12. The molecule has 0 amide bonds. The molecule has 4 rings (SSSR count). The molecular formula is C28H21F6N. The van der Waals surface area contributed by atoms with Crippen LogP contribution in [0.4, 0.5) is 26.3 Å². The van der Waals surface area contributed by atoms with E-state index in [1.807, 2.05) is 24.3 Å². The average molecular weight is 485 g/mol. The number of nitrogens with zero attached hydrogens (tertiary/aromatic N) is 1. The fraction of sp³-hybridized carbons (Fsp3) is 0.179. The van der Waals surface area contributed by atoms with Crippen molar-refractivity contribution in [3.63, 3.8) is 0 Å². The minimum atomic E-state index is -5.13. The van der Waals surface area contributed by atoms with E-state index in [0.717, 1.165) is 29.7 Å². The van der Waals surface area contributed by atoms with Crippen molar-refractivity contribution in [2.45, 2.75) is 31.9 Å². The second kappa shape index (κ2) is 9.94. The molecule has 0 unspecified atom stereocenters. The molecule has 0 fully saturated rings. The standard InChI is InChI=1S/C28H21F6N/c1-2-3-4-17-6-12-25(35-16-17)21-10-11-22-20(15-21)9-8-19(27(22)31)7-5-18-13-23(29)26(24(30)14-18)28(32,33)34/h2,6,8-16H,1,3-5,7H2. The van der Waals surface area contributed by atoms with Crippen LogP contribution in [-0.4, -0.2) is 4.98 Å². The van der Waals surface area contributed by atoms with Gasteiger partial charge < -0.3 is 0 Å². The first kappa shape index (κ1) is 24.5. The summed E-state index contributed by atoms with van der Waals surface area (Å²) in [6, 6.07) is 13.7. The Balaban J connectivity index is 1.54. The number of allylic oxidation sites excluding steroid dienone is 1. The zero-order valence-corrected chi connectivity index (χ0v) is 18.6. The van der Waals surface area contributed by atoms with E-state index in [4.69, 9.17) is 0 Å². The summed E-state index contributed by atoms with van der Waals surface area (Å²) < 4.78 is 81.1. The van der Waals surface area contributed by atoms with Crippen molar-refractivity contribution in [2.75, 3.05) is 0 Å². The summed E-state index contributed by atoms with van der Waals surface area (Å²) in [5, 5.41) is 1.03. The smallest absolute Gasteiger partial charge is 0.256 e. The highest BCUT2D eigenvalue weighted by Gasteiger charge is 2.37. The molecule has 180 valence electrons. The topological polar surface area (TPSA) is 12.9 Å². The first-order valence-corrected chi connectivity index (χ1v) is 11.0. The molecular weight excluding hydrogens is 464 g/mol. The second-order valence-corrected chi connectivity index (χ2v) is 8.29. The molecule has 0 radical (unpaired) electrons. The maximum atomic E-state index is 15.1. The minimum absolute atomic E-state index is 0.0189. The first-order valence-electron chi connectivity index (χ1n) is 11.0. The van der Waals surface area contributed by atoms with Gasteiger partial charge in [0.15, 0.2) is 0 Å². The van der Waals surface area contributed by atoms with E-state index in [1.54, 1.807) is 30.5 Å². The highest BCUT2D eigenvalue weighted by atomic mass is 19.4. The van der Waals surface area contributed by atoms with Gasteiger partial charge in [-0.3, -0.25) is 4.98 Å². The molecule has 7 heteroatoms. The van der Waals surface area contributed by atoms with Crippen LogP contribution >= 0.6 is 0 Å². The molecule has 0 atom stereocenters. The summed E-state index contributed by atoms with van der Waals surface area (Å²) in [5.74, 6) is -3.84. The van der Waals surface area contributed by atoms with E-state index in [-0.39, 0.29) is 18.4 Å². The molecule has 0 saturated carbocycles. The molecule has 0 aliphatic carbocycles. The summed E-state index contributed by atoms with van der Waals surface area (Å²) in [5.41, 5.74) is 1.08. The van der Waals surface area contributed by atoms with Crippen molar-refractivity contribution in [1.29, 1.82) is 0 Å². The Morgan fingerprint density at radius 2 is 1.54 bits per heavy atom. The molecule has 3 aromatic carbocycles. The van der Waals surface area contributed by atoms with Gasteiger partial charge in [0.1, 0.15) is 23.0 Å². The van der Waals surface area contributed by atoms with Crippen LogP contribution in [0.5, 0.6) is 0 Å². The quantitative estimate of drug-likeness (QED) is 0.190. The molecule has 4 aromatic rings. The van der Waals surface area contributed by atoms with Gasteiger partial charge in [0.2, 0.25) is 0 Å². The van der Waals surface area contributed by atoms with E-state index < -0.39 is 29.2 Å². The molecule has 0 saturated heterocycles. The van der Waals surface area contributed by atoms with Crippen LogP contribution in [0.1, 0.15) is 28.7 Å². The summed E-state index contributed by atoms with van der Waals surface area (Å²) >= 11 is 0. The number of fused-ring (bicyclic) bond motifs is 1. The maximum Gasteiger partial charge on any atom is 0.422 e. The second-order valence-electron chi connectivity index (χ2n) is 8.29. The third kappa shape index (κ3) is 5.39. The third-order valence-electron chi connectivity index (χ3n) is 5.86. The zero-order chi connectivity index (χ0) is 25.2. The number of aromatic nitrogens is 1. The number of benzene rings is 3. The van der Waals surface area contributed by atoms with Crippen molar-refractivity contribution >= 4 is 10.8 Å². The van der Waals surface area contributed by atoms with Gasteiger partial charge in [-0.25, -0.2) is 13.2 Å². The molecule has 0 aliphatic rings. The molecule has 1 nitrogen and oxygen atoms in total. The van der Waals surface area contributed by atoms with Gasteiger partial charge >= 0.3 is 6.18 Å². The third-order valence-corrected chi connectivity index (χ3v) is 5.86. The van der Waals surface area contributed by atoms with E-state index >= 15 is 4.39 Å². The summed E-state index contributed by atoms with van der Waals surface area (Å²) in [6.45, 7) is 3.71. The molecule has 0 aliphatic heterocycles. The fourth-order valence-corrected chi connectivity index (χ4v) is 4.02. The maximum absolute atomic E-state index is 15.1. The van der Waals surface area contributed by atoms with Crippen LogP contribution in [0.2, 0.25) is 0 Å². The van der Waals surface area contributed by atoms with E-state index in [2.05, 4.69) is 11.6 Å². The number of hydrogen-bond donors (Lipinski definition) is 0. The van der Waals surface area contributed by atoms with Gasteiger partial charge in [-0.05, 0) is 72.0 Å². The van der Waals surface area contributed by atoms with Crippen LogP contribution in [0.15, 0.2) is 73.4 Å². The van der Waals surface area contributed by atoms with Crippen molar-refractivity contribution in [2.24, 2.45) is 0 Å². The van der Waals surface area contributed by atoms with Crippen molar-refractivity contribution in [1.82, 2.24) is 4.98 Å². The van der Waals surface area contributed by atoms with Gasteiger partial charge in [0, 0.05) is 17.1 Å². The van der Waals surface area contributed by atoms with Gasteiger partial charge in [0.05, 0.1) is 5.69 Å². The Morgan fingerprint density at radius 3 is 2.17 bits per heavy atom. The lowest BCUT2D eigenvalue weighted by Gasteiger charge is -2.12. The number of rotatable bonds is 7. The highest BCUT2D eigenvalue weighted by molar-refractivity contribution is 5.88. The predicted molar refractivity (Wildman–Crippen MR) is 124 cm³/mol. The van der Waals surface area contributed by atoms with Gasteiger partial charge in [-0.1, -0.05) is 36.4 Å². The summed E-state index contributed by atoms with van der Waals surface area (Å²) in [6.07, 6.45) is 0.296. The Morgan fingerprint density at radius 1 is 0.800 bits per heavy atom. The number of halogens is 6. The molecule has 0 bridgehead atoms. The number of alkyl halides is 3. The molecule has 1 aromatic heterocycles. The van der Waals surface area contributed by atoms with Crippen LogP contribution in [0.3, 0.4) is 0 Å². The SMILES string of the molecule is C=CCCc1ccc(-c2ccc3c(F)c(CCc4cc(F)c(C(F)(F)F)c(F)c4)ccc3c2)nc1. The molecule has 35 heavy (non-hydrogen) atoms. The van der Waals surface area contributed by atoms with Gasteiger partial charge in [-0.2, -0.15) is 13.2 Å². The number of aryl methyl sites for hydroxylation is 3. The van der Waals surface area contributed by atoms with E-state index in [0.29, 0.717) is 28.5 Å². The monoisotopic (exact) mass is 485 g/mol. The van der Waals surface area contributed by atoms with Crippen LogP contribution in [-0.2, 0) is 25.4 Å². The lowest BCUT2D eigenvalue weighted by atomic mass is 9.97. The van der Waals surface area contributed by atoms with Crippen molar-refractivity contribution < 1.29 is 26.3 Å². The average Bonchev–Trinajstić information content (AvgIpc) is 2.81. The molecule has 1 heterocycles. The highest BCUT2D eigenvalue weighted by Crippen LogP contribution is 2.34. The van der Waals surface area contributed by atoms with E-state index in [1.165, 1.54) is 0 Å². The Bertz CT molecular complexity index is 1350. The largest absolute Gasteiger partial charge is 0.422 e. The van der Waals surface area contributed by atoms with Crippen LogP contribution in [0.25, 0.3) is 22.0 Å². The van der Waals surface area contributed by atoms with Crippen LogP contribution < -0.4 is 0 Å². The molecule has 0 spiro atoms. The summed E-state index contributed by atoms with van der Waals surface area (Å²) in [7, 11) is 0. The van der Waals surface area contributed by atoms with Crippen molar-refractivity contribution in [3.8, 4) is 11.3 Å². The number of pyridine rings is 1. The number of hydrogen-bond acceptors (Lipinski definition) is 1. The van der Waals surface area contributed by atoms with Crippen molar-refractivity contribution in [3.05, 3.63) is 113 Å².